The lowest BCUT2D eigenvalue weighted by atomic mass is 9.88. The fourth-order valence-electron chi connectivity index (χ4n) is 3.93. The van der Waals surface area contributed by atoms with Crippen molar-refractivity contribution in [3.63, 3.8) is 0 Å². The summed E-state index contributed by atoms with van der Waals surface area (Å²) < 4.78 is 1.84. The van der Waals surface area contributed by atoms with Crippen molar-refractivity contribution in [1.29, 1.82) is 0 Å². The maximum absolute atomic E-state index is 12.8. The van der Waals surface area contributed by atoms with Gasteiger partial charge in [0.1, 0.15) is 0 Å². The van der Waals surface area contributed by atoms with Crippen LogP contribution in [0.2, 0.25) is 0 Å². The molecule has 146 valence electrons. The molecule has 0 saturated carbocycles. The second-order valence-corrected chi connectivity index (χ2v) is 8.29. The van der Waals surface area contributed by atoms with Crippen LogP contribution in [0.1, 0.15) is 39.8 Å². The number of nitrogens with zero attached hydrogens (tertiary/aromatic N) is 4. The molecule has 1 saturated heterocycles. The number of aromatic nitrogens is 3. The van der Waals surface area contributed by atoms with Gasteiger partial charge in [0.15, 0.2) is 0 Å². The third-order valence-corrected chi connectivity index (χ3v) is 6.08. The van der Waals surface area contributed by atoms with Crippen LogP contribution in [0.4, 0.5) is 0 Å². The summed E-state index contributed by atoms with van der Waals surface area (Å²) >= 11 is 1.47. The second-order valence-electron chi connectivity index (χ2n) is 7.34. The number of hydrogen-bond acceptors (Lipinski definition) is 5. The van der Waals surface area contributed by atoms with E-state index in [9.17, 15) is 4.79 Å². The number of amides is 1. The van der Waals surface area contributed by atoms with Crippen molar-refractivity contribution in [2.24, 2.45) is 13.0 Å². The number of rotatable bonds is 6. The molecule has 0 spiro atoms. The van der Waals surface area contributed by atoms with E-state index in [1.54, 1.807) is 6.20 Å². The number of hydrogen-bond donors (Lipinski definition) is 1. The lowest BCUT2D eigenvalue weighted by molar-refractivity contribution is 0.0879. The minimum absolute atomic E-state index is 0.0185. The lowest BCUT2D eigenvalue weighted by Crippen LogP contribution is -2.42. The Morgan fingerprint density at radius 2 is 2.29 bits per heavy atom. The Morgan fingerprint density at radius 3 is 3.00 bits per heavy atom. The molecule has 2 atom stereocenters. The first-order valence-corrected chi connectivity index (χ1v) is 10.5. The van der Waals surface area contributed by atoms with Crippen molar-refractivity contribution >= 4 is 17.2 Å². The van der Waals surface area contributed by atoms with E-state index in [2.05, 4.69) is 26.5 Å². The first-order chi connectivity index (χ1) is 13.7. The van der Waals surface area contributed by atoms with Gasteiger partial charge in [-0.25, -0.2) is 0 Å². The summed E-state index contributed by atoms with van der Waals surface area (Å²) in [5, 5.41) is 9.47. The molecule has 0 radical (unpaired) electrons. The molecule has 1 aliphatic rings. The van der Waals surface area contributed by atoms with Crippen molar-refractivity contribution in [3.05, 3.63) is 70.4 Å². The van der Waals surface area contributed by atoms with Crippen LogP contribution in [0, 0.1) is 5.92 Å². The summed E-state index contributed by atoms with van der Waals surface area (Å²) in [6.07, 6.45) is 7.99. The molecule has 3 aromatic heterocycles. The maximum atomic E-state index is 12.8. The van der Waals surface area contributed by atoms with Gasteiger partial charge in [-0.3, -0.25) is 19.4 Å². The van der Waals surface area contributed by atoms with Crippen LogP contribution in [-0.2, 0) is 13.6 Å². The van der Waals surface area contributed by atoms with Gasteiger partial charge in [-0.05, 0) is 48.9 Å². The Kier molecular flexibility index (Phi) is 5.83. The zero-order valence-corrected chi connectivity index (χ0v) is 16.8. The summed E-state index contributed by atoms with van der Waals surface area (Å²) in [6, 6.07) is 9.60. The number of thiophene rings is 1. The van der Waals surface area contributed by atoms with Gasteiger partial charge < -0.3 is 5.32 Å². The summed E-state index contributed by atoms with van der Waals surface area (Å²) in [5.41, 5.74) is 2.15. The quantitative estimate of drug-likeness (QED) is 0.696. The van der Waals surface area contributed by atoms with Crippen LogP contribution < -0.4 is 5.32 Å². The Hall–Kier alpha value is -2.51. The topological polar surface area (TPSA) is 63.0 Å². The Balaban J connectivity index is 1.51. The molecule has 4 rings (SSSR count). The Morgan fingerprint density at radius 1 is 1.36 bits per heavy atom. The Bertz CT molecular complexity index is 893. The summed E-state index contributed by atoms with van der Waals surface area (Å²) in [6.45, 7) is 2.89. The molecule has 1 amide bonds. The minimum atomic E-state index is -0.0903. The van der Waals surface area contributed by atoms with Crippen LogP contribution in [0.15, 0.2) is 54.3 Å². The number of likely N-dealkylation sites (tertiary alicyclic amines) is 1. The highest BCUT2D eigenvalue weighted by molar-refractivity contribution is 7.12. The first kappa shape index (κ1) is 18.8. The van der Waals surface area contributed by atoms with Gasteiger partial charge in [0, 0.05) is 38.1 Å². The smallest absolute Gasteiger partial charge is 0.261 e. The highest BCUT2D eigenvalue weighted by Crippen LogP contribution is 2.30. The number of aryl methyl sites for hydroxylation is 1. The number of piperidine rings is 1. The van der Waals surface area contributed by atoms with Crippen molar-refractivity contribution in [1.82, 2.24) is 25.0 Å². The van der Waals surface area contributed by atoms with Crippen molar-refractivity contribution in [2.45, 2.75) is 25.4 Å². The number of nitrogens with one attached hydrogen (secondary N) is 1. The highest BCUT2D eigenvalue weighted by Gasteiger charge is 2.31. The SMILES string of the molecule is Cn1cc(CN2CCC[C@H]([C@H](NC(=O)c3cccs3)c3ccccn3)C2)cn1. The van der Waals surface area contributed by atoms with Crippen LogP contribution in [0.3, 0.4) is 0 Å². The molecule has 1 N–H and O–H groups in total. The molecule has 1 aliphatic heterocycles. The molecular weight excluding hydrogens is 370 g/mol. The standard InChI is InChI=1S/C21H25N5OS/c1-25-13-16(12-23-25)14-26-10-4-6-17(15-26)20(18-7-2-3-9-22-18)24-21(27)19-8-5-11-28-19/h2-3,5,7-9,11-13,17,20H,4,6,10,14-15H2,1H3,(H,24,27)/t17-,20-/m0/s1. The molecule has 0 aliphatic carbocycles. The fourth-order valence-corrected chi connectivity index (χ4v) is 4.56. The number of carbonyl (C=O) groups excluding carboxylic acids is 1. The molecule has 28 heavy (non-hydrogen) atoms. The second kappa shape index (κ2) is 8.67. The molecule has 6 nitrogen and oxygen atoms in total. The zero-order chi connectivity index (χ0) is 19.3. The lowest BCUT2D eigenvalue weighted by Gasteiger charge is -2.37. The van der Waals surface area contributed by atoms with E-state index in [4.69, 9.17) is 0 Å². The number of pyridine rings is 1. The van der Waals surface area contributed by atoms with Gasteiger partial charge >= 0.3 is 0 Å². The highest BCUT2D eigenvalue weighted by atomic mass is 32.1. The van der Waals surface area contributed by atoms with Crippen LogP contribution in [-0.4, -0.2) is 38.7 Å². The predicted molar refractivity (Wildman–Crippen MR) is 110 cm³/mol. The molecule has 1 fully saturated rings. The summed E-state index contributed by atoms with van der Waals surface area (Å²) in [5.74, 6) is 0.305. The average Bonchev–Trinajstić information content (AvgIpc) is 3.39. The first-order valence-electron chi connectivity index (χ1n) is 9.64. The van der Waals surface area contributed by atoms with Gasteiger partial charge in [0.25, 0.3) is 5.91 Å². The van der Waals surface area contributed by atoms with Crippen molar-refractivity contribution < 1.29 is 4.79 Å². The molecular formula is C21H25N5OS. The predicted octanol–water partition coefficient (Wildman–Crippen LogP) is 3.26. The number of carbonyl (C=O) groups is 1. The molecule has 0 unspecified atom stereocenters. The van der Waals surface area contributed by atoms with Crippen LogP contribution in [0.5, 0.6) is 0 Å². The fraction of sp³-hybridized carbons (Fsp3) is 0.381. The molecule has 4 heterocycles. The van der Waals surface area contributed by atoms with Crippen molar-refractivity contribution in [2.75, 3.05) is 13.1 Å². The van der Waals surface area contributed by atoms with E-state index in [0.29, 0.717) is 5.92 Å². The molecule has 7 heteroatoms. The van der Waals surface area contributed by atoms with Gasteiger partial charge in [-0.2, -0.15) is 5.10 Å². The van der Waals surface area contributed by atoms with E-state index in [0.717, 1.165) is 43.0 Å². The van der Waals surface area contributed by atoms with Gasteiger partial charge in [0.2, 0.25) is 0 Å². The van der Waals surface area contributed by atoms with E-state index in [1.165, 1.54) is 16.9 Å². The van der Waals surface area contributed by atoms with Gasteiger partial charge in [0.05, 0.1) is 22.8 Å². The van der Waals surface area contributed by atoms with Crippen LogP contribution in [0.25, 0.3) is 0 Å². The molecule has 0 aromatic carbocycles. The van der Waals surface area contributed by atoms with Crippen molar-refractivity contribution in [3.8, 4) is 0 Å². The van der Waals surface area contributed by atoms with Gasteiger partial charge in [-0.15, -0.1) is 11.3 Å². The Labute approximate surface area is 169 Å². The summed E-state index contributed by atoms with van der Waals surface area (Å²) in [4.78, 5) is 20.5. The zero-order valence-electron chi connectivity index (χ0n) is 16.0. The maximum Gasteiger partial charge on any atom is 0.261 e. The average molecular weight is 396 g/mol. The third kappa shape index (κ3) is 4.48. The molecule has 3 aromatic rings. The van der Waals surface area contributed by atoms with E-state index in [1.807, 2.05) is 53.6 Å². The van der Waals surface area contributed by atoms with Crippen LogP contribution >= 0.6 is 11.3 Å². The normalized spacial score (nSPS) is 18.7. The minimum Gasteiger partial charge on any atom is -0.343 e. The van der Waals surface area contributed by atoms with Gasteiger partial charge in [-0.1, -0.05) is 12.1 Å². The molecule has 0 bridgehead atoms. The van der Waals surface area contributed by atoms with E-state index < -0.39 is 0 Å². The largest absolute Gasteiger partial charge is 0.343 e. The summed E-state index contributed by atoms with van der Waals surface area (Å²) in [7, 11) is 1.94. The van der Waals surface area contributed by atoms with E-state index in [-0.39, 0.29) is 11.9 Å². The third-order valence-electron chi connectivity index (χ3n) is 5.22. The van der Waals surface area contributed by atoms with E-state index >= 15 is 0 Å². The monoisotopic (exact) mass is 395 g/mol.